The number of benzene rings is 1. The first kappa shape index (κ1) is 17.1. The second kappa shape index (κ2) is 7.80. The molecule has 22 heavy (non-hydrogen) atoms. The van der Waals surface area contributed by atoms with E-state index in [9.17, 15) is 4.79 Å². The third-order valence-electron chi connectivity index (χ3n) is 2.54. The van der Waals surface area contributed by atoms with Crippen molar-refractivity contribution in [2.24, 2.45) is 5.10 Å². The van der Waals surface area contributed by atoms with E-state index in [-0.39, 0.29) is 12.5 Å². The average molecular weight is 451 g/mol. The lowest BCUT2D eigenvalue weighted by atomic mass is 10.2. The van der Waals surface area contributed by atoms with Gasteiger partial charge in [-0.15, -0.1) is 0 Å². The van der Waals surface area contributed by atoms with Crippen LogP contribution in [0.25, 0.3) is 0 Å². The molecule has 1 N–H and O–H groups in total. The molecule has 0 fully saturated rings. The van der Waals surface area contributed by atoms with Crippen LogP contribution in [0.4, 0.5) is 0 Å². The van der Waals surface area contributed by atoms with Crippen molar-refractivity contribution in [2.75, 3.05) is 6.61 Å². The van der Waals surface area contributed by atoms with E-state index in [1.54, 1.807) is 24.3 Å². The molecule has 0 bridgehead atoms. The molecule has 0 saturated carbocycles. The maximum absolute atomic E-state index is 11.6. The maximum atomic E-state index is 11.6. The summed E-state index contributed by atoms with van der Waals surface area (Å²) in [6.07, 6.45) is 1.39. The molecule has 0 atom stereocenters. The SMILES string of the molecule is Cc1cc(OCC(=O)N/N=C/c2cc(Br)c(Br)o2)ccc1Cl. The highest BCUT2D eigenvalue weighted by Gasteiger charge is 2.05. The van der Waals surface area contributed by atoms with Crippen LogP contribution in [0.15, 0.2) is 42.9 Å². The van der Waals surface area contributed by atoms with Crippen LogP contribution in [0.2, 0.25) is 5.02 Å². The lowest BCUT2D eigenvalue weighted by molar-refractivity contribution is -0.123. The number of furan rings is 1. The van der Waals surface area contributed by atoms with Gasteiger partial charge in [0.25, 0.3) is 5.91 Å². The van der Waals surface area contributed by atoms with Gasteiger partial charge in [-0.25, -0.2) is 5.43 Å². The Morgan fingerprint density at radius 1 is 1.45 bits per heavy atom. The summed E-state index contributed by atoms with van der Waals surface area (Å²) in [5.41, 5.74) is 3.23. The highest BCUT2D eigenvalue weighted by atomic mass is 79.9. The van der Waals surface area contributed by atoms with E-state index < -0.39 is 0 Å². The lowest BCUT2D eigenvalue weighted by Gasteiger charge is -2.06. The summed E-state index contributed by atoms with van der Waals surface area (Å²) in [6, 6.07) is 6.89. The topological polar surface area (TPSA) is 63.8 Å². The van der Waals surface area contributed by atoms with E-state index in [0.29, 0.717) is 21.2 Å². The van der Waals surface area contributed by atoms with Gasteiger partial charge in [0.1, 0.15) is 11.5 Å². The number of carbonyl (C=O) groups excluding carboxylic acids is 1. The molecule has 1 aromatic heterocycles. The van der Waals surface area contributed by atoms with Crippen molar-refractivity contribution in [3.05, 3.63) is 49.8 Å². The van der Waals surface area contributed by atoms with Gasteiger partial charge in [0.05, 0.1) is 10.7 Å². The summed E-state index contributed by atoms with van der Waals surface area (Å²) in [4.78, 5) is 11.6. The smallest absolute Gasteiger partial charge is 0.277 e. The van der Waals surface area contributed by atoms with Crippen LogP contribution >= 0.6 is 43.5 Å². The highest BCUT2D eigenvalue weighted by molar-refractivity contribution is 9.13. The molecule has 2 aromatic rings. The number of hydrogen-bond donors (Lipinski definition) is 1. The fourth-order valence-corrected chi connectivity index (χ4v) is 2.21. The summed E-state index contributed by atoms with van der Waals surface area (Å²) < 4.78 is 11.9. The maximum Gasteiger partial charge on any atom is 0.277 e. The first-order valence-electron chi connectivity index (χ1n) is 6.11. The Morgan fingerprint density at radius 2 is 2.23 bits per heavy atom. The van der Waals surface area contributed by atoms with Gasteiger partial charge in [-0.2, -0.15) is 5.10 Å². The van der Waals surface area contributed by atoms with E-state index in [0.717, 1.165) is 10.0 Å². The summed E-state index contributed by atoms with van der Waals surface area (Å²) in [5, 5.41) is 4.43. The molecule has 0 unspecified atom stereocenters. The Bertz CT molecular complexity index is 697. The van der Waals surface area contributed by atoms with Crippen molar-refractivity contribution < 1.29 is 13.9 Å². The first-order chi connectivity index (χ1) is 10.5. The standard InChI is InChI=1S/C14H11Br2ClN2O3/c1-8-4-9(2-3-12(8)17)21-7-13(20)19-18-6-10-5-11(15)14(16)22-10/h2-6H,7H2,1H3,(H,19,20)/b18-6+. The van der Waals surface area contributed by atoms with Gasteiger partial charge < -0.3 is 9.15 Å². The number of hydrazone groups is 1. The predicted octanol–water partition coefficient (Wildman–Crippen LogP) is 4.30. The van der Waals surface area contributed by atoms with E-state index in [1.165, 1.54) is 6.21 Å². The van der Waals surface area contributed by atoms with Crippen LogP contribution < -0.4 is 10.2 Å². The zero-order valence-electron chi connectivity index (χ0n) is 11.4. The van der Waals surface area contributed by atoms with Crippen LogP contribution in [0, 0.1) is 6.92 Å². The number of rotatable bonds is 5. The van der Waals surface area contributed by atoms with Crippen LogP contribution in [0.1, 0.15) is 11.3 Å². The molecular weight excluding hydrogens is 439 g/mol. The molecular formula is C14H11Br2ClN2O3. The number of nitrogens with zero attached hydrogens (tertiary/aromatic N) is 1. The molecule has 2 rings (SSSR count). The number of ether oxygens (including phenoxy) is 1. The van der Waals surface area contributed by atoms with Crippen LogP contribution in [-0.4, -0.2) is 18.7 Å². The van der Waals surface area contributed by atoms with Gasteiger partial charge in [0.15, 0.2) is 11.3 Å². The third-order valence-corrected chi connectivity index (χ3v) is 4.68. The largest absolute Gasteiger partial charge is 0.484 e. The molecule has 0 radical (unpaired) electrons. The lowest BCUT2D eigenvalue weighted by Crippen LogP contribution is -2.24. The Labute approximate surface area is 148 Å². The second-order valence-electron chi connectivity index (χ2n) is 4.26. The van der Waals surface area contributed by atoms with Crippen molar-refractivity contribution in [2.45, 2.75) is 6.92 Å². The number of halogens is 3. The number of nitrogens with one attached hydrogen (secondary N) is 1. The molecule has 0 aliphatic heterocycles. The van der Waals surface area contributed by atoms with Crippen LogP contribution in [0.5, 0.6) is 5.75 Å². The van der Waals surface area contributed by atoms with Crippen molar-refractivity contribution in [3.8, 4) is 5.75 Å². The molecule has 0 aliphatic rings. The molecule has 1 amide bonds. The second-order valence-corrected chi connectivity index (χ2v) is 6.25. The predicted molar refractivity (Wildman–Crippen MR) is 91.5 cm³/mol. The summed E-state index contributed by atoms with van der Waals surface area (Å²) in [7, 11) is 0. The Balaban J connectivity index is 1.81. The normalized spacial score (nSPS) is 10.9. The minimum Gasteiger partial charge on any atom is -0.484 e. The van der Waals surface area contributed by atoms with Gasteiger partial charge in [0, 0.05) is 11.1 Å². The first-order valence-corrected chi connectivity index (χ1v) is 8.08. The number of aryl methyl sites for hydroxylation is 1. The van der Waals surface area contributed by atoms with Crippen molar-refractivity contribution in [3.63, 3.8) is 0 Å². The number of carbonyl (C=O) groups is 1. The fraction of sp³-hybridized carbons (Fsp3) is 0.143. The van der Waals surface area contributed by atoms with E-state index >= 15 is 0 Å². The summed E-state index contributed by atoms with van der Waals surface area (Å²) >= 11 is 12.4. The van der Waals surface area contributed by atoms with Crippen molar-refractivity contribution >= 4 is 55.6 Å². The molecule has 1 aromatic carbocycles. The fourth-order valence-electron chi connectivity index (χ4n) is 1.48. The zero-order valence-corrected chi connectivity index (χ0v) is 15.3. The van der Waals surface area contributed by atoms with Crippen molar-refractivity contribution in [1.82, 2.24) is 5.43 Å². The number of amides is 1. The van der Waals surface area contributed by atoms with E-state index in [2.05, 4.69) is 42.4 Å². The molecule has 116 valence electrons. The van der Waals surface area contributed by atoms with Crippen LogP contribution in [-0.2, 0) is 4.79 Å². The molecule has 0 spiro atoms. The monoisotopic (exact) mass is 448 g/mol. The minimum absolute atomic E-state index is 0.149. The Kier molecular flexibility index (Phi) is 6.05. The quantitative estimate of drug-likeness (QED) is 0.546. The molecule has 8 heteroatoms. The minimum atomic E-state index is -0.381. The summed E-state index contributed by atoms with van der Waals surface area (Å²) in [5.74, 6) is 0.682. The zero-order chi connectivity index (χ0) is 16.1. The molecule has 0 aliphatic carbocycles. The van der Waals surface area contributed by atoms with Gasteiger partial charge in [0.2, 0.25) is 0 Å². The van der Waals surface area contributed by atoms with E-state index in [1.807, 2.05) is 6.92 Å². The summed E-state index contributed by atoms with van der Waals surface area (Å²) in [6.45, 7) is 1.71. The molecule has 0 saturated heterocycles. The molecule has 1 heterocycles. The van der Waals surface area contributed by atoms with E-state index in [4.69, 9.17) is 20.8 Å². The van der Waals surface area contributed by atoms with Gasteiger partial charge in [-0.05, 0) is 62.5 Å². The third kappa shape index (κ3) is 4.86. The highest BCUT2D eigenvalue weighted by Crippen LogP contribution is 2.25. The number of hydrogen-bond acceptors (Lipinski definition) is 4. The van der Waals surface area contributed by atoms with Crippen LogP contribution in [0.3, 0.4) is 0 Å². The van der Waals surface area contributed by atoms with Crippen molar-refractivity contribution in [1.29, 1.82) is 0 Å². The van der Waals surface area contributed by atoms with Gasteiger partial charge in [-0.1, -0.05) is 11.6 Å². The molecule has 5 nitrogen and oxygen atoms in total. The Morgan fingerprint density at radius 3 is 2.86 bits per heavy atom. The Hall–Kier alpha value is -1.31. The van der Waals surface area contributed by atoms with Gasteiger partial charge in [-0.3, -0.25) is 4.79 Å². The average Bonchev–Trinajstić information content (AvgIpc) is 2.79. The van der Waals surface area contributed by atoms with Gasteiger partial charge >= 0.3 is 0 Å².